The van der Waals surface area contributed by atoms with Crippen molar-refractivity contribution in [2.75, 3.05) is 27.4 Å². The molecule has 2 radical (unpaired) electrons. The van der Waals surface area contributed by atoms with Crippen molar-refractivity contribution in [2.24, 2.45) is 0 Å². The van der Waals surface area contributed by atoms with Gasteiger partial charge in [0.25, 0.3) is 0 Å². The molecular formula is C14H32O4Si2. The van der Waals surface area contributed by atoms with Crippen molar-refractivity contribution in [3.63, 3.8) is 0 Å². The van der Waals surface area contributed by atoms with Gasteiger partial charge in [-0.1, -0.05) is 39.0 Å². The van der Waals surface area contributed by atoms with Crippen LogP contribution in [0.25, 0.3) is 0 Å². The second kappa shape index (κ2) is 14.2. The topological polar surface area (TPSA) is 36.9 Å². The highest BCUT2D eigenvalue weighted by Gasteiger charge is 2.38. The van der Waals surface area contributed by atoms with Crippen LogP contribution in [0.5, 0.6) is 0 Å². The minimum atomic E-state index is -1.30. The van der Waals surface area contributed by atoms with Crippen LogP contribution in [0.2, 0.25) is 5.16 Å². The normalized spacial score (nSPS) is 12.0. The number of hydrogen-bond donors (Lipinski definition) is 0. The Hall–Kier alpha value is 0.274. The van der Waals surface area contributed by atoms with Gasteiger partial charge in [0, 0.05) is 32.6 Å². The van der Waals surface area contributed by atoms with Crippen LogP contribution >= 0.6 is 0 Å². The van der Waals surface area contributed by atoms with E-state index in [1.54, 1.807) is 14.2 Å². The Morgan fingerprint density at radius 3 is 1.65 bits per heavy atom. The Bertz CT molecular complexity index is 194. The lowest BCUT2D eigenvalue weighted by molar-refractivity contribution is 0.206. The molecule has 0 amide bonds. The summed E-state index contributed by atoms with van der Waals surface area (Å²) >= 11 is 0. The second-order valence-electron chi connectivity index (χ2n) is 4.67. The van der Waals surface area contributed by atoms with E-state index in [0.717, 1.165) is 6.42 Å². The zero-order valence-corrected chi connectivity index (χ0v) is 15.9. The third-order valence-corrected chi connectivity index (χ3v) is 8.22. The summed E-state index contributed by atoms with van der Waals surface area (Å²) in [5.41, 5.74) is 0. The van der Waals surface area contributed by atoms with Gasteiger partial charge in [-0.05, 0) is 20.3 Å². The molecule has 0 aliphatic rings. The van der Waals surface area contributed by atoms with Gasteiger partial charge in [-0.2, -0.15) is 0 Å². The minimum absolute atomic E-state index is 0.321. The van der Waals surface area contributed by atoms with Gasteiger partial charge in [0.15, 0.2) is 0 Å². The quantitative estimate of drug-likeness (QED) is 0.362. The molecule has 0 rings (SSSR count). The summed E-state index contributed by atoms with van der Waals surface area (Å²) < 4.78 is 22.8. The predicted octanol–water partition coefficient (Wildman–Crippen LogP) is 3.60. The Kier molecular flexibility index (Phi) is 14.4. The van der Waals surface area contributed by atoms with Crippen molar-refractivity contribution in [1.29, 1.82) is 0 Å². The van der Waals surface area contributed by atoms with Crippen molar-refractivity contribution >= 4 is 18.6 Å². The van der Waals surface area contributed by atoms with Gasteiger partial charge in [0.2, 0.25) is 0 Å². The Balaban J connectivity index is 4.42. The van der Waals surface area contributed by atoms with Crippen molar-refractivity contribution in [2.45, 2.75) is 64.5 Å². The standard InChI is InChI=1S/C14H32O4Si2/c1-6-9-10-11-12-13-14(19(15-4)17-7-2)20(16-5)18-8-3/h14H,6-13H2,1-5H3. The first kappa shape index (κ1) is 20.3. The van der Waals surface area contributed by atoms with E-state index in [1.165, 1.54) is 32.1 Å². The average Bonchev–Trinajstić information content (AvgIpc) is 2.47. The molecule has 4 nitrogen and oxygen atoms in total. The second-order valence-corrected chi connectivity index (χ2v) is 9.31. The zero-order valence-electron chi connectivity index (χ0n) is 13.9. The summed E-state index contributed by atoms with van der Waals surface area (Å²) in [7, 11) is 0.884. The molecule has 0 spiro atoms. The highest BCUT2D eigenvalue weighted by molar-refractivity contribution is 6.67. The molecule has 0 aliphatic heterocycles. The lowest BCUT2D eigenvalue weighted by atomic mass is 10.1. The summed E-state index contributed by atoms with van der Waals surface area (Å²) in [4.78, 5) is 0. The minimum Gasteiger partial charge on any atom is -0.397 e. The highest BCUT2D eigenvalue weighted by Crippen LogP contribution is 2.25. The van der Waals surface area contributed by atoms with E-state index in [-0.39, 0.29) is 0 Å². The molecule has 0 aromatic carbocycles. The van der Waals surface area contributed by atoms with Crippen LogP contribution in [0.4, 0.5) is 0 Å². The molecule has 0 saturated heterocycles. The van der Waals surface area contributed by atoms with Gasteiger partial charge in [-0.25, -0.2) is 0 Å². The van der Waals surface area contributed by atoms with Crippen LogP contribution in [-0.2, 0) is 17.7 Å². The maximum absolute atomic E-state index is 5.81. The molecule has 0 atom stereocenters. The molecule has 0 N–H and O–H groups in total. The van der Waals surface area contributed by atoms with E-state index in [1.807, 2.05) is 13.8 Å². The Morgan fingerprint density at radius 2 is 1.25 bits per heavy atom. The van der Waals surface area contributed by atoms with E-state index in [9.17, 15) is 0 Å². The summed E-state index contributed by atoms with van der Waals surface area (Å²) in [5, 5.41) is 0.321. The average molecular weight is 321 g/mol. The largest absolute Gasteiger partial charge is 0.397 e. The maximum atomic E-state index is 5.81. The van der Waals surface area contributed by atoms with E-state index < -0.39 is 18.6 Å². The van der Waals surface area contributed by atoms with Gasteiger partial charge in [0.05, 0.1) is 0 Å². The van der Waals surface area contributed by atoms with Gasteiger partial charge in [-0.15, -0.1) is 0 Å². The fourth-order valence-corrected chi connectivity index (χ4v) is 6.80. The molecule has 6 heteroatoms. The van der Waals surface area contributed by atoms with Gasteiger partial charge >= 0.3 is 18.6 Å². The summed E-state index contributed by atoms with van der Waals surface area (Å²) in [6.07, 6.45) is 7.50. The van der Waals surface area contributed by atoms with Crippen LogP contribution in [0.15, 0.2) is 0 Å². The fourth-order valence-electron chi connectivity index (χ4n) is 2.17. The molecule has 0 saturated carbocycles. The molecular weight excluding hydrogens is 288 g/mol. The van der Waals surface area contributed by atoms with Gasteiger partial charge in [-0.3, -0.25) is 0 Å². The molecule has 0 bridgehead atoms. The zero-order chi connectivity index (χ0) is 15.2. The molecule has 0 unspecified atom stereocenters. The van der Waals surface area contributed by atoms with E-state index in [0.29, 0.717) is 18.4 Å². The first-order valence-electron chi connectivity index (χ1n) is 7.82. The monoisotopic (exact) mass is 320 g/mol. The molecule has 0 aromatic rings. The third-order valence-electron chi connectivity index (χ3n) is 3.14. The molecule has 0 aromatic heterocycles. The fraction of sp³-hybridized carbons (Fsp3) is 1.00. The lowest BCUT2D eigenvalue weighted by Crippen LogP contribution is -2.41. The first-order valence-corrected chi connectivity index (χ1v) is 10.6. The van der Waals surface area contributed by atoms with Crippen LogP contribution in [0.3, 0.4) is 0 Å². The SMILES string of the molecule is CCCCCCCC([Si](OC)OCC)[Si](OC)OCC. The number of unbranched alkanes of at least 4 members (excludes halogenated alkanes) is 4. The number of rotatable bonds is 14. The smallest absolute Gasteiger partial charge is 0.389 e. The summed E-state index contributed by atoms with van der Waals surface area (Å²) in [5.74, 6) is 0. The molecule has 120 valence electrons. The van der Waals surface area contributed by atoms with Crippen molar-refractivity contribution in [1.82, 2.24) is 0 Å². The van der Waals surface area contributed by atoms with E-state index >= 15 is 0 Å². The molecule has 0 fully saturated rings. The molecule has 0 heterocycles. The van der Waals surface area contributed by atoms with Crippen molar-refractivity contribution < 1.29 is 17.7 Å². The molecule has 20 heavy (non-hydrogen) atoms. The summed E-state index contributed by atoms with van der Waals surface area (Å²) in [6, 6.07) is 0. The highest BCUT2D eigenvalue weighted by atomic mass is 28.4. The van der Waals surface area contributed by atoms with Gasteiger partial charge in [0.1, 0.15) is 0 Å². The maximum Gasteiger partial charge on any atom is 0.389 e. The molecule has 0 aliphatic carbocycles. The lowest BCUT2D eigenvalue weighted by Gasteiger charge is -2.26. The number of hydrogen-bond acceptors (Lipinski definition) is 4. The van der Waals surface area contributed by atoms with Gasteiger partial charge < -0.3 is 17.7 Å². The Labute approximate surface area is 128 Å². The van der Waals surface area contributed by atoms with Crippen LogP contribution in [-0.4, -0.2) is 46.0 Å². The van der Waals surface area contributed by atoms with Crippen LogP contribution in [0.1, 0.15) is 59.3 Å². The Morgan fingerprint density at radius 1 is 0.750 bits per heavy atom. The van der Waals surface area contributed by atoms with Crippen LogP contribution < -0.4 is 0 Å². The van der Waals surface area contributed by atoms with Crippen molar-refractivity contribution in [3.8, 4) is 0 Å². The third kappa shape index (κ3) is 8.54. The predicted molar refractivity (Wildman–Crippen MR) is 85.9 cm³/mol. The summed E-state index contributed by atoms with van der Waals surface area (Å²) in [6.45, 7) is 7.66. The van der Waals surface area contributed by atoms with Crippen LogP contribution in [0, 0.1) is 0 Å². The van der Waals surface area contributed by atoms with Crippen molar-refractivity contribution in [3.05, 3.63) is 0 Å². The van der Waals surface area contributed by atoms with E-state index in [4.69, 9.17) is 17.7 Å². The first-order chi connectivity index (χ1) is 9.74. The van der Waals surface area contributed by atoms with E-state index in [2.05, 4.69) is 6.92 Å².